The molecule has 4 aromatic carbocycles. The van der Waals surface area contributed by atoms with E-state index in [0.29, 0.717) is 12.1 Å². The van der Waals surface area contributed by atoms with Crippen LogP contribution in [-0.4, -0.2) is 47.6 Å². The molecule has 0 bridgehead atoms. The molecule has 0 saturated heterocycles. The Balaban J connectivity index is 0.000000297. The van der Waals surface area contributed by atoms with E-state index in [0.717, 1.165) is 73.8 Å². The van der Waals surface area contributed by atoms with Crippen molar-refractivity contribution in [2.24, 2.45) is 0 Å². The molecule has 47 heavy (non-hydrogen) atoms. The summed E-state index contributed by atoms with van der Waals surface area (Å²) in [7, 11) is 0. The molecular formula is C40H49NO6. The van der Waals surface area contributed by atoms with Crippen molar-refractivity contribution >= 4 is 12.0 Å². The third kappa shape index (κ3) is 15.2. The largest absolute Gasteiger partial charge is 0.545 e. The highest BCUT2D eigenvalue weighted by molar-refractivity contribution is 5.83. The van der Waals surface area contributed by atoms with Crippen LogP contribution in [0.3, 0.4) is 0 Å². The third-order valence-electron chi connectivity index (χ3n) is 7.77. The molecule has 0 aliphatic carbocycles. The molecule has 1 unspecified atom stereocenters. The van der Waals surface area contributed by atoms with E-state index in [2.05, 4.69) is 35.6 Å². The molecule has 0 aliphatic rings. The summed E-state index contributed by atoms with van der Waals surface area (Å²) in [5.41, 5.74) is 5.67. The second-order valence-electron chi connectivity index (χ2n) is 11.5. The number of rotatable bonds is 19. The molecule has 0 radical (unpaired) electrons. The Hall–Kier alpha value is -4.27. The van der Waals surface area contributed by atoms with Crippen LogP contribution in [0.1, 0.15) is 66.9 Å². The number of carbonyl (C=O) groups is 1. The van der Waals surface area contributed by atoms with Gasteiger partial charge >= 0.3 is 0 Å². The van der Waals surface area contributed by atoms with Crippen molar-refractivity contribution in [3.8, 4) is 16.9 Å². The van der Waals surface area contributed by atoms with E-state index in [4.69, 9.17) is 4.74 Å². The lowest BCUT2D eigenvalue weighted by molar-refractivity contribution is -0.662. The summed E-state index contributed by atoms with van der Waals surface area (Å²) < 4.78 is 5.73. The SMILES string of the molecule is O=C([O-])/C=C/c1ccc(-c2ccccc2)cc1.OCc1cc(C(O)C[NH2+]CCCCCCOCCCCc2ccccc2)ccc1O. The van der Waals surface area contributed by atoms with Crippen molar-refractivity contribution < 1.29 is 35.3 Å². The first-order valence-electron chi connectivity index (χ1n) is 16.5. The van der Waals surface area contributed by atoms with Gasteiger partial charge in [0.1, 0.15) is 18.4 Å². The molecule has 0 fully saturated rings. The van der Waals surface area contributed by atoms with Gasteiger partial charge in [0.2, 0.25) is 0 Å². The number of carboxylic acid groups (broad SMARTS) is 1. The van der Waals surface area contributed by atoms with Crippen molar-refractivity contribution in [2.75, 3.05) is 26.3 Å². The molecule has 4 aromatic rings. The molecule has 250 valence electrons. The molecule has 0 heterocycles. The van der Waals surface area contributed by atoms with Crippen molar-refractivity contribution in [3.63, 3.8) is 0 Å². The maximum atomic E-state index is 10.3. The van der Waals surface area contributed by atoms with E-state index in [9.17, 15) is 25.2 Å². The first kappa shape index (κ1) is 37.2. The first-order chi connectivity index (χ1) is 23.0. The van der Waals surface area contributed by atoms with E-state index < -0.39 is 12.1 Å². The van der Waals surface area contributed by atoms with Gasteiger partial charge in [0.25, 0.3) is 0 Å². The molecule has 0 saturated carbocycles. The Labute approximate surface area is 279 Å². The lowest BCUT2D eigenvalue weighted by atomic mass is 10.0. The monoisotopic (exact) mass is 639 g/mol. The van der Waals surface area contributed by atoms with Gasteiger partial charge in [0, 0.05) is 18.8 Å². The molecule has 5 N–H and O–H groups in total. The van der Waals surface area contributed by atoms with Crippen molar-refractivity contribution in [1.82, 2.24) is 0 Å². The number of hydrogen-bond acceptors (Lipinski definition) is 6. The second-order valence-corrected chi connectivity index (χ2v) is 11.5. The highest BCUT2D eigenvalue weighted by atomic mass is 16.5. The minimum absolute atomic E-state index is 0.0635. The lowest BCUT2D eigenvalue weighted by Crippen LogP contribution is -2.85. The fraction of sp³-hybridized carbons (Fsp3) is 0.325. The topological polar surface area (TPSA) is 127 Å². The number of carboxylic acids is 1. The molecule has 7 heteroatoms. The lowest BCUT2D eigenvalue weighted by Gasteiger charge is -2.12. The standard InChI is InChI=1S/C25H37NO4.C15H12O2/c27-20-23-18-22(13-14-24(23)28)25(29)19-26-15-7-1-2-8-16-30-17-9-6-12-21-10-4-3-5-11-21;16-15(17)11-8-12-6-9-14(10-7-12)13-4-2-1-3-5-13/h3-5,10-11,13-14,18,25-29H,1-2,6-9,12,15-17,19-20H2;1-11H,(H,16,17)/b;11-8+. The molecule has 1 atom stereocenters. The number of quaternary nitrogens is 1. The number of aliphatic hydroxyl groups is 2. The number of carbonyl (C=O) groups excluding carboxylic acids is 1. The number of hydrogen-bond donors (Lipinski definition) is 4. The zero-order valence-corrected chi connectivity index (χ0v) is 27.2. The minimum Gasteiger partial charge on any atom is -0.545 e. The molecule has 7 nitrogen and oxygen atoms in total. The number of aromatic hydroxyl groups is 1. The first-order valence-corrected chi connectivity index (χ1v) is 16.5. The summed E-state index contributed by atoms with van der Waals surface area (Å²) in [6.07, 6.45) is 9.97. The van der Waals surface area contributed by atoms with Gasteiger partial charge in [-0.15, -0.1) is 0 Å². The molecule has 0 aromatic heterocycles. The van der Waals surface area contributed by atoms with Crippen LogP contribution in [0, 0.1) is 0 Å². The molecule has 0 amide bonds. The number of phenols is 1. The van der Waals surface area contributed by atoms with Gasteiger partial charge in [-0.05, 0) is 84.6 Å². The number of nitrogens with two attached hydrogens (primary N) is 1. The van der Waals surface area contributed by atoms with Crippen LogP contribution in [0.4, 0.5) is 0 Å². The van der Waals surface area contributed by atoms with Crippen LogP contribution < -0.4 is 10.4 Å². The fourth-order valence-corrected chi connectivity index (χ4v) is 5.06. The van der Waals surface area contributed by atoms with E-state index in [1.165, 1.54) is 37.0 Å². The zero-order chi connectivity index (χ0) is 33.5. The average molecular weight is 640 g/mol. The summed E-state index contributed by atoms with van der Waals surface area (Å²) in [5.74, 6) is -1.12. The van der Waals surface area contributed by atoms with E-state index >= 15 is 0 Å². The van der Waals surface area contributed by atoms with E-state index in [-0.39, 0.29) is 12.4 Å². The number of aryl methyl sites for hydroxylation is 1. The average Bonchev–Trinajstić information content (AvgIpc) is 3.10. The molecule has 0 aliphatic heterocycles. The maximum absolute atomic E-state index is 10.3. The number of ether oxygens (including phenoxy) is 1. The quantitative estimate of drug-likeness (QED) is 0.0826. The number of aliphatic hydroxyl groups excluding tert-OH is 2. The Morgan fingerprint density at radius 1 is 0.787 bits per heavy atom. The normalized spacial score (nSPS) is 11.6. The second kappa shape index (κ2) is 22.3. The van der Waals surface area contributed by atoms with Crippen LogP contribution in [0.2, 0.25) is 0 Å². The summed E-state index contributed by atoms with van der Waals surface area (Å²) in [6, 6.07) is 33.2. The van der Waals surface area contributed by atoms with Gasteiger partial charge in [-0.1, -0.05) is 103 Å². The predicted molar refractivity (Wildman–Crippen MR) is 185 cm³/mol. The van der Waals surface area contributed by atoms with Crippen LogP contribution in [0.25, 0.3) is 17.2 Å². The number of aliphatic carboxylic acids is 1. The highest BCUT2D eigenvalue weighted by Crippen LogP contribution is 2.22. The van der Waals surface area contributed by atoms with E-state index in [1.54, 1.807) is 12.1 Å². The third-order valence-corrected chi connectivity index (χ3v) is 7.77. The zero-order valence-electron chi connectivity index (χ0n) is 27.2. The fourth-order valence-electron chi connectivity index (χ4n) is 5.06. The summed E-state index contributed by atoms with van der Waals surface area (Å²) in [6.45, 7) is 3.05. The van der Waals surface area contributed by atoms with E-state index in [1.807, 2.05) is 54.6 Å². The molecule has 0 spiro atoms. The Kier molecular flexibility index (Phi) is 17.6. The summed E-state index contributed by atoms with van der Waals surface area (Å²) in [5, 5.41) is 41.4. The number of benzene rings is 4. The summed E-state index contributed by atoms with van der Waals surface area (Å²) >= 11 is 0. The Morgan fingerprint density at radius 2 is 1.43 bits per heavy atom. The number of unbranched alkanes of at least 4 members (excludes halogenated alkanes) is 4. The Morgan fingerprint density at radius 3 is 2.11 bits per heavy atom. The minimum atomic E-state index is -1.18. The van der Waals surface area contributed by atoms with Gasteiger partial charge < -0.3 is 35.3 Å². The predicted octanol–water partition coefficient (Wildman–Crippen LogP) is 5.20. The van der Waals surface area contributed by atoms with Gasteiger partial charge in [0.15, 0.2) is 0 Å². The smallest absolute Gasteiger partial charge is 0.128 e. The molecular weight excluding hydrogens is 590 g/mol. The summed E-state index contributed by atoms with van der Waals surface area (Å²) in [4.78, 5) is 10.3. The molecule has 4 rings (SSSR count). The van der Waals surface area contributed by atoms with Crippen LogP contribution in [0.5, 0.6) is 5.75 Å². The Bertz CT molecular complexity index is 1440. The van der Waals surface area contributed by atoms with Crippen LogP contribution in [0.15, 0.2) is 109 Å². The maximum Gasteiger partial charge on any atom is 0.128 e. The van der Waals surface area contributed by atoms with Crippen molar-refractivity contribution in [3.05, 3.63) is 131 Å². The van der Waals surface area contributed by atoms with Crippen LogP contribution >= 0.6 is 0 Å². The van der Waals surface area contributed by atoms with Gasteiger partial charge in [-0.2, -0.15) is 0 Å². The van der Waals surface area contributed by atoms with Gasteiger partial charge in [-0.25, -0.2) is 0 Å². The van der Waals surface area contributed by atoms with Crippen molar-refractivity contribution in [1.29, 1.82) is 0 Å². The van der Waals surface area contributed by atoms with Gasteiger partial charge in [0.05, 0.1) is 19.1 Å². The van der Waals surface area contributed by atoms with Gasteiger partial charge in [-0.3, -0.25) is 0 Å². The van der Waals surface area contributed by atoms with Crippen LogP contribution in [-0.2, 0) is 22.6 Å². The highest BCUT2D eigenvalue weighted by Gasteiger charge is 2.11. The van der Waals surface area contributed by atoms with Crippen molar-refractivity contribution in [2.45, 2.75) is 57.7 Å².